The van der Waals surface area contributed by atoms with E-state index in [1.165, 1.54) is 12.1 Å². The topological polar surface area (TPSA) is 24.7 Å². The highest BCUT2D eigenvalue weighted by atomic mass is 35.5. The van der Waals surface area contributed by atoms with Gasteiger partial charge in [-0.05, 0) is 32.4 Å². The lowest BCUT2D eigenvalue weighted by molar-refractivity contribution is 0.508. The van der Waals surface area contributed by atoms with Crippen LogP contribution in [0.25, 0.3) is 0 Å². The molecule has 16 heavy (non-hydrogen) atoms. The van der Waals surface area contributed by atoms with Gasteiger partial charge in [0.1, 0.15) is 5.82 Å². The van der Waals surface area contributed by atoms with Crippen molar-refractivity contribution in [1.29, 1.82) is 0 Å². The second kappa shape index (κ2) is 5.24. The van der Waals surface area contributed by atoms with E-state index in [0.717, 1.165) is 6.42 Å². The Morgan fingerprint density at radius 2 is 2.06 bits per heavy atom. The summed E-state index contributed by atoms with van der Waals surface area (Å²) in [5.41, 5.74) is 0.223. The average molecular weight is 241 g/mol. The van der Waals surface area contributed by atoms with Crippen LogP contribution in [0.1, 0.15) is 27.2 Å². The maximum Gasteiger partial charge on any atom is 0.126 e. The van der Waals surface area contributed by atoms with Gasteiger partial charge in [0.15, 0.2) is 0 Å². The Morgan fingerprint density at radius 1 is 1.38 bits per heavy atom. The van der Waals surface area contributed by atoms with E-state index < -0.39 is 5.82 Å². The van der Waals surface area contributed by atoms with Crippen LogP contribution >= 0.6 is 11.6 Å². The highest BCUT2D eigenvalue weighted by Crippen LogP contribution is 2.20. The van der Waals surface area contributed by atoms with Crippen LogP contribution in [0, 0.1) is 5.82 Å². The van der Waals surface area contributed by atoms with Crippen LogP contribution in [0.3, 0.4) is 0 Å². The minimum atomic E-state index is -0.414. The fourth-order valence-electron chi connectivity index (χ4n) is 0.901. The summed E-state index contributed by atoms with van der Waals surface area (Å²) in [6.45, 7) is 5.99. The molecule has 0 radical (unpaired) electrons. The van der Waals surface area contributed by atoms with Gasteiger partial charge in [-0.3, -0.25) is 0 Å². The molecule has 0 aromatic heterocycles. The molecule has 2 nitrogen and oxygen atoms in total. The molecule has 86 valence electrons. The maximum atomic E-state index is 13.0. The molecular formula is C12H14ClFN2. The molecule has 0 spiro atoms. The summed E-state index contributed by atoms with van der Waals surface area (Å²) < 4.78 is 13.0. The smallest absolute Gasteiger partial charge is 0.126 e. The zero-order chi connectivity index (χ0) is 12.2. The standard InChI is InChI=1S/C12H14ClFN2/c1-4-12(2,3)16-8-15-11-6-9(13)5-10(14)7-11/h5-7H,4H2,1-3H3. The summed E-state index contributed by atoms with van der Waals surface area (Å²) in [6, 6.07) is 6.65. The lowest BCUT2D eigenvalue weighted by atomic mass is 10.0. The first kappa shape index (κ1) is 12.9. The first-order valence-electron chi connectivity index (χ1n) is 5.07. The molecule has 0 fully saturated rings. The summed E-state index contributed by atoms with van der Waals surface area (Å²) in [4.78, 5) is 8.07. The minimum absolute atomic E-state index is 0.194. The molecule has 1 aromatic rings. The quantitative estimate of drug-likeness (QED) is 0.697. The number of hydrogen-bond acceptors (Lipinski definition) is 2. The van der Waals surface area contributed by atoms with E-state index >= 15 is 0 Å². The molecule has 1 rings (SSSR count). The van der Waals surface area contributed by atoms with Crippen LogP contribution in [0.4, 0.5) is 10.1 Å². The van der Waals surface area contributed by atoms with Crippen molar-refractivity contribution < 1.29 is 4.39 Å². The Hall–Kier alpha value is -1.18. The number of benzene rings is 1. The molecule has 0 aliphatic rings. The molecule has 0 aliphatic heterocycles. The highest BCUT2D eigenvalue weighted by Gasteiger charge is 2.10. The Bertz CT molecular complexity index is 414. The molecule has 4 heteroatoms. The highest BCUT2D eigenvalue weighted by molar-refractivity contribution is 6.30. The minimum Gasteiger partial charge on any atom is -0.219 e. The van der Waals surface area contributed by atoms with Crippen LogP contribution in [0.15, 0.2) is 28.2 Å². The summed E-state index contributed by atoms with van der Waals surface area (Å²) in [7, 11) is 0. The third-order valence-electron chi connectivity index (χ3n) is 2.24. The Morgan fingerprint density at radius 3 is 2.62 bits per heavy atom. The van der Waals surface area contributed by atoms with Crippen LogP contribution in [0.2, 0.25) is 5.02 Å². The van der Waals surface area contributed by atoms with Crippen molar-refractivity contribution in [3.63, 3.8) is 0 Å². The molecule has 0 aliphatic carbocycles. The molecule has 0 atom stereocenters. The largest absolute Gasteiger partial charge is 0.219 e. The first-order chi connectivity index (χ1) is 7.43. The SMILES string of the molecule is CCC(C)(C)N=C=Nc1cc(F)cc(Cl)c1. The van der Waals surface area contributed by atoms with E-state index in [0.29, 0.717) is 10.7 Å². The van der Waals surface area contributed by atoms with Crippen molar-refractivity contribution in [3.05, 3.63) is 29.0 Å². The average Bonchev–Trinajstić information content (AvgIpc) is 2.16. The Balaban J connectivity index is 2.92. The molecule has 0 amide bonds. The monoisotopic (exact) mass is 240 g/mol. The van der Waals surface area contributed by atoms with E-state index in [1.54, 1.807) is 6.07 Å². The number of rotatable bonds is 3. The van der Waals surface area contributed by atoms with E-state index in [4.69, 9.17) is 11.6 Å². The second-order valence-electron chi connectivity index (χ2n) is 4.12. The molecule has 1 aromatic carbocycles. The van der Waals surface area contributed by atoms with Gasteiger partial charge in [-0.15, -0.1) is 0 Å². The number of halogens is 2. The van der Waals surface area contributed by atoms with Crippen molar-refractivity contribution in [1.82, 2.24) is 0 Å². The van der Waals surface area contributed by atoms with Crippen LogP contribution in [-0.2, 0) is 0 Å². The molecule has 0 saturated carbocycles. The number of aliphatic imine (C=N–C) groups is 2. The van der Waals surface area contributed by atoms with E-state index in [2.05, 4.69) is 16.0 Å². The van der Waals surface area contributed by atoms with E-state index in [9.17, 15) is 4.39 Å². The van der Waals surface area contributed by atoms with Crippen LogP contribution < -0.4 is 0 Å². The van der Waals surface area contributed by atoms with Gasteiger partial charge < -0.3 is 0 Å². The summed E-state index contributed by atoms with van der Waals surface area (Å²) in [5.74, 6) is -0.414. The summed E-state index contributed by atoms with van der Waals surface area (Å²) >= 11 is 5.69. The van der Waals surface area contributed by atoms with Crippen LogP contribution in [-0.4, -0.2) is 11.5 Å². The van der Waals surface area contributed by atoms with Crippen molar-refractivity contribution >= 4 is 23.3 Å². The zero-order valence-electron chi connectivity index (χ0n) is 9.59. The van der Waals surface area contributed by atoms with Gasteiger partial charge in [-0.1, -0.05) is 18.5 Å². The van der Waals surface area contributed by atoms with Gasteiger partial charge >= 0.3 is 0 Å². The molecule has 0 bridgehead atoms. The van der Waals surface area contributed by atoms with E-state index in [-0.39, 0.29) is 5.54 Å². The zero-order valence-corrected chi connectivity index (χ0v) is 10.3. The third kappa shape index (κ3) is 4.13. The normalized spacial score (nSPS) is 10.8. The third-order valence-corrected chi connectivity index (χ3v) is 2.46. The predicted molar refractivity (Wildman–Crippen MR) is 65.3 cm³/mol. The van der Waals surface area contributed by atoms with Gasteiger partial charge in [0, 0.05) is 11.1 Å². The Kier molecular flexibility index (Phi) is 4.22. The van der Waals surface area contributed by atoms with Gasteiger partial charge in [0.25, 0.3) is 0 Å². The van der Waals surface area contributed by atoms with Crippen molar-refractivity contribution in [3.8, 4) is 0 Å². The van der Waals surface area contributed by atoms with Gasteiger partial charge in [-0.25, -0.2) is 9.38 Å². The van der Waals surface area contributed by atoms with Crippen molar-refractivity contribution in [2.45, 2.75) is 32.7 Å². The second-order valence-corrected chi connectivity index (χ2v) is 4.55. The fourth-order valence-corrected chi connectivity index (χ4v) is 1.12. The number of nitrogens with zero attached hydrogens (tertiary/aromatic N) is 2. The van der Waals surface area contributed by atoms with Gasteiger partial charge in [-0.2, -0.15) is 4.99 Å². The molecule has 0 unspecified atom stereocenters. The maximum absolute atomic E-state index is 13.0. The van der Waals surface area contributed by atoms with Gasteiger partial charge in [0.2, 0.25) is 0 Å². The number of hydrogen-bond donors (Lipinski definition) is 0. The van der Waals surface area contributed by atoms with Crippen LogP contribution in [0.5, 0.6) is 0 Å². The summed E-state index contributed by atoms with van der Waals surface area (Å²) in [6.07, 6.45) is 0.888. The molecular weight excluding hydrogens is 227 g/mol. The summed E-state index contributed by atoms with van der Waals surface area (Å²) in [5, 5.41) is 0.315. The van der Waals surface area contributed by atoms with E-state index in [1.807, 2.05) is 20.8 Å². The molecule has 0 N–H and O–H groups in total. The van der Waals surface area contributed by atoms with Crippen molar-refractivity contribution in [2.24, 2.45) is 9.98 Å². The lowest BCUT2D eigenvalue weighted by Gasteiger charge is -2.13. The van der Waals surface area contributed by atoms with Gasteiger partial charge in [0.05, 0.1) is 17.2 Å². The molecule has 0 heterocycles. The first-order valence-corrected chi connectivity index (χ1v) is 5.44. The lowest BCUT2D eigenvalue weighted by Crippen LogP contribution is -2.13. The fraction of sp³-hybridized carbons (Fsp3) is 0.417. The predicted octanol–water partition coefficient (Wildman–Crippen LogP) is 4.47. The molecule has 0 saturated heterocycles. The Labute approximate surface area is 99.9 Å². The van der Waals surface area contributed by atoms with Crippen molar-refractivity contribution in [2.75, 3.05) is 0 Å².